The Hall–Kier alpha value is 2.56. The molecule has 0 aliphatic rings. The number of hydrogen-bond donors (Lipinski definition) is 4. The fourth-order valence-corrected chi connectivity index (χ4v) is 4.33. The van der Waals surface area contributed by atoms with E-state index in [1.54, 1.807) is 0 Å². The second-order valence-electron chi connectivity index (χ2n) is 2.12. The van der Waals surface area contributed by atoms with Crippen molar-refractivity contribution in [2.45, 2.75) is 0 Å². The van der Waals surface area contributed by atoms with Crippen LogP contribution in [0.25, 0.3) is 0 Å². The van der Waals surface area contributed by atoms with E-state index in [1.165, 1.54) is 0 Å². The molecule has 0 aromatic rings. The molecule has 2 unspecified atom stereocenters. The van der Waals surface area contributed by atoms with Gasteiger partial charge in [0.15, 0.2) is 0 Å². The quantitative estimate of drug-likeness (QED) is 0.248. The maximum absolute atomic E-state index is 10.6. The molecule has 0 aromatic carbocycles. The van der Waals surface area contributed by atoms with Gasteiger partial charge in [-0.1, -0.05) is 0 Å². The van der Waals surface area contributed by atoms with Crippen LogP contribution in [0.1, 0.15) is 0 Å². The Balaban J connectivity index is -0.00000128. The van der Waals surface area contributed by atoms with Crippen LogP contribution in [-0.2, 0) is 31.2 Å². The van der Waals surface area contributed by atoms with Crippen LogP contribution in [0.3, 0.4) is 0 Å². The van der Waals surface area contributed by atoms with E-state index in [4.69, 9.17) is 19.6 Å². The van der Waals surface area contributed by atoms with Gasteiger partial charge >= 0.3 is 82.6 Å². The predicted octanol–water partition coefficient (Wildman–Crippen LogP) is -7.83. The van der Waals surface area contributed by atoms with Crippen molar-refractivity contribution >= 4 is 31.3 Å². The fourth-order valence-electron chi connectivity index (χ4n) is 0.421. The zero-order chi connectivity index (χ0) is 14.1. The van der Waals surface area contributed by atoms with Gasteiger partial charge in [0.25, 0.3) is 0 Å². The average molecular weight is 382 g/mol. The maximum atomic E-state index is 10.6. The molecule has 0 rings (SSSR count). The third-order valence-corrected chi connectivity index (χ3v) is 5.57. The van der Waals surface area contributed by atoms with Gasteiger partial charge in [-0.05, 0) is 0 Å². The van der Waals surface area contributed by atoms with Crippen molar-refractivity contribution in [3.05, 3.63) is 0 Å². The summed E-state index contributed by atoms with van der Waals surface area (Å²) in [7, 11) is -23.3. The predicted molar refractivity (Wildman–Crippen MR) is 42.6 cm³/mol. The first kappa shape index (κ1) is 26.5. The minimum Gasteiger partial charge on any atom is -0.789 e. The van der Waals surface area contributed by atoms with Gasteiger partial charge < -0.3 is 33.9 Å². The summed E-state index contributed by atoms with van der Waals surface area (Å²) in [5, 5.41) is 0. The second-order valence-corrected chi connectivity index (χ2v) is 7.83. The van der Waals surface area contributed by atoms with Gasteiger partial charge in [-0.2, -0.15) is 8.62 Å². The molecule has 4 N–H and O–H groups in total. The summed E-state index contributed by atoms with van der Waals surface area (Å²) < 4.78 is 50.2. The van der Waals surface area contributed by atoms with E-state index in [0.717, 1.165) is 0 Å². The minimum absolute atomic E-state index is 0. The number of phosphoric acid groups is 4. The molecule has 0 aromatic heterocycles. The second kappa shape index (κ2) is 9.00. The smallest absolute Gasteiger partial charge is 0.789 e. The largest absolute Gasteiger partial charge is 1.00 e. The summed E-state index contributed by atoms with van der Waals surface area (Å²) in [5.74, 6) is 0. The molecule has 0 aliphatic heterocycles. The van der Waals surface area contributed by atoms with Crippen LogP contribution < -0.4 is 68.9 Å². The van der Waals surface area contributed by atoms with Crippen molar-refractivity contribution in [3.8, 4) is 0 Å². The molecule has 0 saturated heterocycles. The van der Waals surface area contributed by atoms with E-state index in [2.05, 4.69) is 12.9 Å². The summed E-state index contributed by atoms with van der Waals surface area (Å²) in [5.41, 5.74) is 0. The Morgan fingerprint density at radius 3 is 1.26 bits per heavy atom. The van der Waals surface area contributed by atoms with Crippen LogP contribution in [0, 0.1) is 0 Å². The summed E-state index contributed by atoms with van der Waals surface area (Å²) >= 11 is 0. The normalized spacial score (nSPS) is 18.4. The summed E-state index contributed by atoms with van der Waals surface area (Å²) in [6, 6.07) is 0. The van der Waals surface area contributed by atoms with Crippen molar-refractivity contribution in [1.29, 1.82) is 0 Å². The van der Waals surface area contributed by atoms with E-state index in [-0.39, 0.29) is 59.1 Å². The van der Waals surface area contributed by atoms with Gasteiger partial charge in [-0.15, -0.1) is 0 Å². The Morgan fingerprint density at radius 1 is 0.684 bits per heavy atom. The van der Waals surface area contributed by atoms with E-state index in [1.807, 2.05) is 0 Å². The van der Waals surface area contributed by atoms with Crippen molar-refractivity contribution in [2.75, 3.05) is 0 Å². The summed E-state index contributed by atoms with van der Waals surface area (Å²) in [6.45, 7) is 0. The summed E-state index contributed by atoms with van der Waals surface area (Å²) in [6.07, 6.45) is 0. The van der Waals surface area contributed by atoms with Crippen LogP contribution in [0.15, 0.2) is 0 Å². The third kappa shape index (κ3) is 16.8. The van der Waals surface area contributed by atoms with E-state index < -0.39 is 31.3 Å². The molecule has 0 radical (unpaired) electrons. The standard InChI is InChI=1S/2Na.H6O13P4/c;;1-14(2,3)11-16(7,8)13-17(9,10)12-15(4,5)6/h;;(H,7,8)(H,9,10)(H2,1,2,3)(H2,4,5,6)/q2*+1;/p-2. The minimum atomic E-state index is -6.04. The molecular formula is H4Na2O13P4. The van der Waals surface area contributed by atoms with Gasteiger partial charge in [0.2, 0.25) is 0 Å². The Morgan fingerprint density at radius 2 is 1.00 bits per heavy atom. The van der Waals surface area contributed by atoms with Crippen LogP contribution >= 0.6 is 31.3 Å². The zero-order valence-electron chi connectivity index (χ0n) is 9.25. The SMILES string of the molecule is O=P([O-])([O-])OP(=O)(O)OP(=O)(O)OP(=O)(O)O.[Na+].[Na+]. The molecule has 19 heavy (non-hydrogen) atoms. The number of rotatable bonds is 6. The molecule has 0 bridgehead atoms. The molecule has 0 spiro atoms. The van der Waals surface area contributed by atoms with Crippen LogP contribution in [0.5, 0.6) is 0 Å². The van der Waals surface area contributed by atoms with Crippen LogP contribution in [0.4, 0.5) is 0 Å². The van der Waals surface area contributed by atoms with Gasteiger partial charge in [-0.25, -0.2) is 13.7 Å². The Kier molecular flexibility index (Phi) is 12.5. The molecule has 13 nitrogen and oxygen atoms in total. The molecule has 0 saturated carbocycles. The van der Waals surface area contributed by atoms with Crippen molar-refractivity contribution in [3.63, 3.8) is 0 Å². The topological polar surface area (TPSA) is 223 Å². The van der Waals surface area contributed by atoms with Crippen LogP contribution in [0.2, 0.25) is 0 Å². The molecule has 0 aliphatic carbocycles. The maximum Gasteiger partial charge on any atom is 1.00 e. The van der Waals surface area contributed by atoms with Gasteiger partial charge in [0, 0.05) is 0 Å². The Labute approximate surface area is 150 Å². The molecular weight excluding hydrogens is 378 g/mol. The van der Waals surface area contributed by atoms with Crippen molar-refractivity contribution in [2.24, 2.45) is 0 Å². The first-order chi connectivity index (χ1) is 7.12. The van der Waals surface area contributed by atoms with E-state index >= 15 is 0 Å². The van der Waals surface area contributed by atoms with Crippen LogP contribution in [-0.4, -0.2) is 19.6 Å². The van der Waals surface area contributed by atoms with E-state index in [9.17, 15) is 28.0 Å². The van der Waals surface area contributed by atoms with E-state index in [0.29, 0.717) is 0 Å². The van der Waals surface area contributed by atoms with Crippen molar-refractivity contribution in [1.82, 2.24) is 0 Å². The first-order valence-corrected chi connectivity index (χ1v) is 8.97. The first-order valence-electron chi connectivity index (χ1n) is 2.99. The molecule has 0 amide bonds. The zero-order valence-corrected chi connectivity index (χ0v) is 16.8. The monoisotopic (exact) mass is 382 g/mol. The third-order valence-electron chi connectivity index (χ3n) is 0.619. The molecule has 0 fully saturated rings. The molecule has 0 heterocycles. The number of hydrogen-bond acceptors (Lipinski definition) is 9. The van der Waals surface area contributed by atoms with Crippen molar-refractivity contribution < 1.29 is 120 Å². The van der Waals surface area contributed by atoms with Gasteiger partial charge in [-0.3, -0.25) is 4.31 Å². The molecule has 104 valence electrons. The van der Waals surface area contributed by atoms with Gasteiger partial charge in [0.1, 0.15) is 0 Å². The average Bonchev–Trinajstić information content (AvgIpc) is 1.65. The molecule has 19 heteroatoms. The molecule has 2 atom stereocenters. The summed E-state index contributed by atoms with van der Waals surface area (Å²) in [4.78, 5) is 52.9. The Bertz CT molecular complexity index is 411. The van der Waals surface area contributed by atoms with Gasteiger partial charge in [0.05, 0.1) is 7.82 Å². The fraction of sp³-hybridized carbons (Fsp3) is 0.